The van der Waals surface area contributed by atoms with Crippen molar-refractivity contribution >= 4 is 45.2 Å². The molecule has 0 spiro atoms. The van der Waals surface area contributed by atoms with E-state index in [0.29, 0.717) is 0 Å². The van der Waals surface area contributed by atoms with E-state index in [9.17, 15) is 22.8 Å². The second kappa shape index (κ2) is 9.68. The summed E-state index contributed by atoms with van der Waals surface area (Å²) in [5, 5.41) is 2.47. The molecular weight excluding hydrogens is 460 g/mol. The summed E-state index contributed by atoms with van der Waals surface area (Å²) in [5.41, 5.74) is -0.643. The number of nitrogens with one attached hydrogen (secondary N) is 2. The lowest BCUT2D eigenvalue weighted by Crippen LogP contribution is -2.40. The third-order valence-corrected chi connectivity index (χ3v) is 6.20. The van der Waals surface area contributed by atoms with E-state index in [1.165, 1.54) is 44.6 Å². The van der Waals surface area contributed by atoms with Gasteiger partial charge in [0.15, 0.2) is 0 Å². The fourth-order valence-electron chi connectivity index (χ4n) is 2.68. The average molecular weight is 483 g/mol. The number of hydrogen-bond acceptors (Lipinski definition) is 7. The van der Waals surface area contributed by atoms with Crippen molar-refractivity contribution in [3.8, 4) is 0 Å². The first-order valence-corrected chi connectivity index (χ1v) is 11.1. The largest absolute Gasteiger partial charge is 0.465 e. The summed E-state index contributed by atoms with van der Waals surface area (Å²) >= 11 is 6.06. The summed E-state index contributed by atoms with van der Waals surface area (Å²) in [6.45, 7) is 5.01. The number of sulfonamides is 1. The van der Waals surface area contributed by atoms with Gasteiger partial charge in [0.25, 0.3) is 5.91 Å². The van der Waals surface area contributed by atoms with Crippen molar-refractivity contribution in [2.45, 2.75) is 31.2 Å². The van der Waals surface area contributed by atoms with Gasteiger partial charge >= 0.3 is 11.9 Å². The molecule has 0 radical (unpaired) electrons. The van der Waals surface area contributed by atoms with Gasteiger partial charge < -0.3 is 14.8 Å². The monoisotopic (exact) mass is 482 g/mol. The van der Waals surface area contributed by atoms with Gasteiger partial charge in [-0.2, -0.15) is 0 Å². The summed E-state index contributed by atoms with van der Waals surface area (Å²) in [7, 11) is -1.66. The summed E-state index contributed by atoms with van der Waals surface area (Å²) in [4.78, 5) is 36.4. The van der Waals surface area contributed by atoms with E-state index in [4.69, 9.17) is 11.6 Å². The molecule has 0 aliphatic heterocycles. The standard InChI is InChI=1S/C21H23ClN2O7S/c1-21(2,3)24-32(28,29)17-11-12(6-7-16(17)22)18(25)23-15-9-13(19(26)30-4)8-14(10-15)20(27)31-5/h6-11,24H,1-5H3,(H,23,25). The number of halogens is 1. The molecule has 0 atom stereocenters. The zero-order chi connectivity index (χ0) is 24.3. The van der Waals surface area contributed by atoms with Crippen LogP contribution in [0.15, 0.2) is 41.3 Å². The van der Waals surface area contributed by atoms with Crippen molar-refractivity contribution in [2.24, 2.45) is 0 Å². The fraction of sp³-hybridized carbons (Fsp3) is 0.286. The van der Waals surface area contributed by atoms with Crippen LogP contribution in [0, 0.1) is 0 Å². The van der Waals surface area contributed by atoms with Gasteiger partial charge in [0.2, 0.25) is 10.0 Å². The molecule has 11 heteroatoms. The lowest BCUT2D eigenvalue weighted by Gasteiger charge is -2.21. The molecule has 2 aromatic rings. The van der Waals surface area contributed by atoms with Gasteiger partial charge in [-0.15, -0.1) is 0 Å². The number of carbonyl (C=O) groups excluding carboxylic acids is 3. The molecule has 32 heavy (non-hydrogen) atoms. The lowest BCUT2D eigenvalue weighted by atomic mass is 10.1. The lowest BCUT2D eigenvalue weighted by molar-refractivity contribution is 0.0598. The molecule has 0 aliphatic carbocycles. The fourth-order valence-corrected chi connectivity index (χ4v) is 4.63. The second-order valence-electron chi connectivity index (χ2n) is 7.74. The van der Waals surface area contributed by atoms with E-state index in [0.717, 1.165) is 6.07 Å². The third kappa shape index (κ3) is 6.28. The van der Waals surface area contributed by atoms with Gasteiger partial charge in [0.1, 0.15) is 4.90 Å². The topological polar surface area (TPSA) is 128 Å². The molecule has 0 fully saturated rings. The van der Waals surface area contributed by atoms with Gasteiger partial charge in [-0.3, -0.25) is 4.79 Å². The molecule has 0 aliphatic rings. The van der Waals surface area contributed by atoms with Crippen LogP contribution in [-0.2, 0) is 19.5 Å². The molecule has 2 N–H and O–H groups in total. The Labute approximate surface area is 191 Å². The zero-order valence-corrected chi connectivity index (χ0v) is 19.7. The van der Waals surface area contributed by atoms with Gasteiger partial charge in [-0.25, -0.2) is 22.7 Å². The number of benzene rings is 2. The van der Waals surface area contributed by atoms with Crippen LogP contribution >= 0.6 is 11.6 Å². The van der Waals surface area contributed by atoms with Crippen molar-refractivity contribution in [1.82, 2.24) is 4.72 Å². The van der Waals surface area contributed by atoms with Crippen molar-refractivity contribution < 1.29 is 32.3 Å². The van der Waals surface area contributed by atoms with Gasteiger partial charge in [0.05, 0.1) is 30.4 Å². The summed E-state index contributed by atoms with van der Waals surface area (Å²) in [5.74, 6) is -2.13. The van der Waals surface area contributed by atoms with Gasteiger partial charge in [0, 0.05) is 16.8 Å². The highest BCUT2D eigenvalue weighted by Gasteiger charge is 2.25. The Balaban J connectivity index is 2.43. The Bertz CT molecular complexity index is 1140. The highest BCUT2D eigenvalue weighted by atomic mass is 35.5. The summed E-state index contributed by atoms with van der Waals surface area (Å²) in [6.07, 6.45) is 0. The van der Waals surface area contributed by atoms with Crippen LogP contribution < -0.4 is 10.0 Å². The van der Waals surface area contributed by atoms with Gasteiger partial charge in [-0.1, -0.05) is 11.6 Å². The molecule has 0 unspecified atom stereocenters. The Hall–Kier alpha value is -2.95. The maximum Gasteiger partial charge on any atom is 0.337 e. The summed E-state index contributed by atoms with van der Waals surface area (Å²) in [6, 6.07) is 7.66. The number of rotatable bonds is 6. The highest BCUT2D eigenvalue weighted by Crippen LogP contribution is 2.25. The van der Waals surface area contributed by atoms with Crippen molar-refractivity contribution in [3.63, 3.8) is 0 Å². The smallest absolute Gasteiger partial charge is 0.337 e. The molecule has 0 bridgehead atoms. The van der Waals surface area contributed by atoms with Crippen LogP contribution in [-0.4, -0.2) is 46.0 Å². The molecule has 9 nitrogen and oxygen atoms in total. The maximum atomic E-state index is 12.8. The molecular formula is C21H23ClN2O7S. The first kappa shape index (κ1) is 25.3. The van der Waals surface area contributed by atoms with Crippen LogP contribution in [0.25, 0.3) is 0 Å². The average Bonchev–Trinajstić information content (AvgIpc) is 2.70. The molecule has 172 valence electrons. The van der Waals surface area contributed by atoms with Crippen LogP contribution in [0.3, 0.4) is 0 Å². The molecule has 0 aromatic heterocycles. The quantitative estimate of drug-likeness (QED) is 0.605. The van der Waals surface area contributed by atoms with E-state index >= 15 is 0 Å². The number of ether oxygens (including phenoxy) is 2. The number of anilines is 1. The zero-order valence-electron chi connectivity index (χ0n) is 18.1. The number of esters is 2. The van der Waals surface area contributed by atoms with E-state index < -0.39 is 33.4 Å². The van der Waals surface area contributed by atoms with Crippen molar-refractivity contribution in [3.05, 3.63) is 58.1 Å². The minimum absolute atomic E-state index is 0.00762. The van der Waals surface area contributed by atoms with E-state index in [1.807, 2.05) is 0 Å². The molecule has 2 rings (SSSR count). The van der Waals surface area contributed by atoms with Crippen LogP contribution in [0.4, 0.5) is 5.69 Å². The Kier molecular flexibility index (Phi) is 7.66. The normalized spacial score (nSPS) is 11.6. The maximum absolute atomic E-state index is 12.8. The van der Waals surface area contributed by atoms with E-state index in [-0.39, 0.29) is 32.3 Å². The first-order chi connectivity index (χ1) is 14.8. The number of carbonyl (C=O) groups is 3. The third-order valence-electron chi connectivity index (χ3n) is 3.96. The molecule has 0 saturated heterocycles. The van der Waals surface area contributed by atoms with Crippen molar-refractivity contribution in [2.75, 3.05) is 19.5 Å². The van der Waals surface area contributed by atoms with E-state index in [2.05, 4.69) is 19.5 Å². The minimum Gasteiger partial charge on any atom is -0.465 e. The Morgan fingerprint density at radius 3 is 1.88 bits per heavy atom. The van der Waals surface area contributed by atoms with Crippen molar-refractivity contribution in [1.29, 1.82) is 0 Å². The Morgan fingerprint density at radius 2 is 1.41 bits per heavy atom. The first-order valence-electron chi connectivity index (χ1n) is 9.24. The minimum atomic E-state index is -4.00. The van der Waals surface area contributed by atoms with Crippen LogP contribution in [0.5, 0.6) is 0 Å². The number of amides is 1. The number of methoxy groups -OCH3 is 2. The second-order valence-corrected chi connectivity index (χ2v) is 9.80. The van der Waals surface area contributed by atoms with Crippen LogP contribution in [0.2, 0.25) is 5.02 Å². The highest BCUT2D eigenvalue weighted by molar-refractivity contribution is 7.89. The SMILES string of the molecule is COC(=O)c1cc(NC(=O)c2ccc(Cl)c(S(=O)(=O)NC(C)(C)C)c2)cc(C(=O)OC)c1. The van der Waals surface area contributed by atoms with Crippen LogP contribution in [0.1, 0.15) is 51.8 Å². The molecule has 0 saturated carbocycles. The predicted octanol–water partition coefficient (Wildman–Crippen LogP) is 3.24. The molecule has 1 amide bonds. The Morgan fingerprint density at radius 1 is 0.875 bits per heavy atom. The van der Waals surface area contributed by atoms with E-state index in [1.54, 1.807) is 20.8 Å². The molecule has 2 aromatic carbocycles. The summed E-state index contributed by atoms with van der Waals surface area (Å²) < 4.78 is 37.2. The number of hydrogen-bond donors (Lipinski definition) is 2. The molecule has 0 heterocycles. The predicted molar refractivity (Wildman–Crippen MR) is 119 cm³/mol. The van der Waals surface area contributed by atoms with Gasteiger partial charge in [-0.05, 0) is 57.2 Å².